The minimum atomic E-state index is -0.502. The summed E-state index contributed by atoms with van der Waals surface area (Å²) in [6.07, 6.45) is 0.987. The molecule has 1 atom stereocenters. The number of nitrogens with zero attached hydrogens (tertiary/aromatic N) is 1. The Balaban J connectivity index is 1.99. The fourth-order valence-electron chi connectivity index (χ4n) is 2.83. The maximum absolute atomic E-state index is 13.8. The second kappa shape index (κ2) is 8.76. The first-order chi connectivity index (χ1) is 11.0. The molecular formula is C17H24BrFN2O2. The van der Waals surface area contributed by atoms with Gasteiger partial charge in [-0.3, -0.25) is 9.69 Å². The standard InChI is InChI=1S/C17H24BrFN2O2/c1-12(2)9-14(21-5-7-23-8-6-21)11-20-17(22)15-10-13(18)3-4-16(15)19/h3-4,10,12,14H,5-9,11H2,1-2H3,(H,20,22)/t14-/m0/s1. The van der Waals surface area contributed by atoms with Gasteiger partial charge in [0.1, 0.15) is 5.82 Å². The van der Waals surface area contributed by atoms with Gasteiger partial charge in [0.15, 0.2) is 0 Å². The molecule has 0 unspecified atom stereocenters. The molecule has 0 radical (unpaired) electrons. The smallest absolute Gasteiger partial charge is 0.254 e. The number of amides is 1. The molecule has 1 fully saturated rings. The number of carbonyl (C=O) groups is 1. The number of carbonyl (C=O) groups excluding carboxylic acids is 1. The van der Waals surface area contributed by atoms with Crippen molar-refractivity contribution in [2.24, 2.45) is 5.92 Å². The molecule has 6 heteroatoms. The number of nitrogens with one attached hydrogen (secondary N) is 1. The molecule has 0 spiro atoms. The number of rotatable bonds is 6. The molecule has 2 rings (SSSR count). The highest BCUT2D eigenvalue weighted by molar-refractivity contribution is 9.10. The SMILES string of the molecule is CC(C)C[C@@H](CNC(=O)c1cc(Br)ccc1F)N1CCOCC1. The van der Waals surface area contributed by atoms with Gasteiger partial charge in [0.2, 0.25) is 0 Å². The van der Waals surface area contributed by atoms with Gasteiger partial charge >= 0.3 is 0 Å². The van der Waals surface area contributed by atoms with Crippen LogP contribution in [0.1, 0.15) is 30.6 Å². The minimum absolute atomic E-state index is 0.0737. The van der Waals surface area contributed by atoms with Crippen LogP contribution in [-0.2, 0) is 4.74 Å². The van der Waals surface area contributed by atoms with Gasteiger partial charge in [0.05, 0.1) is 18.8 Å². The predicted molar refractivity (Wildman–Crippen MR) is 92.1 cm³/mol. The topological polar surface area (TPSA) is 41.6 Å². The Hall–Kier alpha value is -0.980. The number of halogens is 2. The quantitative estimate of drug-likeness (QED) is 0.816. The van der Waals surface area contributed by atoms with Crippen LogP contribution < -0.4 is 5.32 Å². The van der Waals surface area contributed by atoms with Crippen LogP contribution >= 0.6 is 15.9 Å². The Morgan fingerprint density at radius 3 is 2.74 bits per heavy atom. The first kappa shape index (κ1) is 18.4. The van der Waals surface area contributed by atoms with Gasteiger partial charge in [-0.05, 0) is 30.5 Å². The molecule has 0 saturated carbocycles. The Morgan fingerprint density at radius 2 is 2.09 bits per heavy atom. The van der Waals surface area contributed by atoms with Crippen LogP contribution in [0.25, 0.3) is 0 Å². The third-order valence-corrected chi connectivity index (χ3v) is 4.47. The van der Waals surface area contributed by atoms with Crippen molar-refractivity contribution in [3.8, 4) is 0 Å². The van der Waals surface area contributed by atoms with Gasteiger partial charge in [-0.1, -0.05) is 29.8 Å². The molecule has 0 aromatic heterocycles. The number of hydrogen-bond acceptors (Lipinski definition) is 3. The van der Waals surface area contributed by atoms with Crippen molar-refractivity contribution in [2.45, 2.75) is 26.3 Å². The monoisotopic (exact) mass is 386 g/mol. The molecular weight excluding hydrogens is 363 g/mol. The van der Waals surface area contributed by atoms with E-state index in [-0.39, 0.29) is 17.5 Å². The van der Waals surface area contributed by atoms with Gasteiger partial charge in [-0.15, -0.1) is 0 Å². The van der Waals surface area contributed by atoms with E-state index in [9.17, 15) is 9.18 Å². The maximum Gasteiger partial charge on any atom is 0.254 e. The normalized spacial score (nSPS) is 17.3. The average molecular weight is 387 g/mol. The van der Waals surface area contributed by atoms with E-state index in [4.69, 9.17) is 4.74 Å². The van der Waals surface area contributed by atoms with Crippen LogP contribution in [0.15, 0.2) is 22.7 Å². The number of benzene rings is 1. The number of morpholine rings is 1. The molecule has 1 aliphatic rings. The molecule has 1 saturated heterocycles. The van der Waals surface area contributed by atoms with E-state index >= 15 is 0 Å². The van der Waals surface area contributed by atoms with Crippen LogP contribution in [0, 0.1) is 11.7 Å². The van der Waals surface area contributed by atoms with E-state index < -0.39 is 5.82 Å². The van der Waals surface area contributed by atoms with Crippen LogP contribution in [0.3, 0.4) is 0 Å². The first-order valence-electron chi connectivity index (χ1n) is 8.02. The zero-order valence-electron chi connectivity index (χ0n) is 13.6. The molecule has 1 amide bonds. The number of ether oxygens (including phenoxy) is 1. The van der Waals surface area contributed by atoms with Crippen molar-refractivity contribution in [2.75, 3.05) is 32.8 Å². The first-order valence-corrected chi connectivity index (χ1v) is 8.81. The summed E-state index contributed by atoms with van der Waals surface area (Å²) in [5.74, 6) is -0.342. The fourth-order valence-corrected chi connectivity index (χ4v) is 3.19. The van der Waals surface area contributed by atoms with E-state index in [1.165, 1.54) is 12.1 Å². The molecule has 128 valence electrons. The third kappa shape index (κ3) is 5.55. The summed E-state index contributed by atoms with van der Waals surface area (Å²) in [6.45, 7) is 8.05. The van der Waals surface area contributed by atoms with E-state index in [1.54, 1.807) is 6.07 Å². The molecule has 1 N–H and O–H groups in total. The Labute approximate surface area is 145 Å². The van der Waals surface area contributed by atoms with Crippen molar-refractivity contribution in [1.29, 1.82) is 0 Å². The van der Waals surface area contributed by atoms with Gasteiger partial charge < -0.3 is 10.1 Å². The van der Waals surface area contributed by atoms with E-state index in [0.717, 1.165) is 32.7 Å². The summed E-state index contributed by atoms with van der Waals surface area (Å²) in [6, 6.07) is 4.64. The zero-order valence-corrected chi connectivity index (χ0v) is 15.2. The van der Waals surface area contributed by atoms with E-state index in [1.807, 2.05) is 0 Å². The summed E-state index contributed by atoms with van der Waals surface area (Å²) < 4.78 is 19.9. The summed E-state index contributed by atoms with van der Waals surface area (Å²) in [4.78, 5) is 14.6. The van der Waals surface area contributed by atoms with Gasteiger partial charge in [-0.2, -0.15) is 0 Å². The molecule has 1 aliphatic heterocycles. The number of hydrogen-bond donors (Lipinski definition) is 1. The highest BCUT2D eigenvalue weighted by atomic mass is 79.9. The van der Waals surface area contributed by atoms with Crippen molar-refractivity contribution >= 4 is 21.8 Å². The lowest BCUT2D eigenvalue weighted by Gasteiger charge is -2.35. The van der Waals surface area contributed by atoms with Crippen LogP contribution in [0.4, 0.5) is 4.39 Å². The van der Waals surface area contributed by atoms with Crippen molar-refractivity contribution in [1.82, 2.24) is 10.2 Å². The van der Waals surface area contributed by atoms with Crippen LogP contribution in [0.2, 0.25) is 0 Å². The van der Waals surface area contributed by atoms with E-state index in [2.05, 4.69) is 40.0 Å². The summed E-state index contributed by atoms with van der Waals surface area (Å²) in [7, 11) is 0. The van der Waals surface area contributed by atoms with Gasteiger partial charge in [0.25, 0.3) is 5.91 Å². The van der Waals surface area contributed by atoms with Gasteiger partial charge in [0, 0.05) is 30.1 Å². The molecule has 1 heterocycles. The second-order valence-electron chi connectivity index (χ2n) is 6.27. The van der Waals surface area contributed by atoms with Gasteiger partial charge in [-0.25, -0.2) is 4.39 Å². The molecule has 0 bridgehead atoms. The summed E-state index contributed by atoms with van der Waals surface area (Å²) in [5.41, 5.74) is 0.0737. The summed E-state index contributed by atoms with van der Waals surface area (Å²) >= 11 is 3.27. The zero-order chi connectivity index (χ0) is 16.8. The predicted octanol–water partition coefficient (Wildman–Crippen LogP) is 3.06. The average Bonchev–Trinajstić information content (AvgIpc) is 2.54. The van der Waals surface area contributed by atoms with Crippen LogP contribution in [0.5, 0.6) is 0 Å². The van der Waals surface area contributed by atoms with Crippen molar-refractivity contribution < 1.29 is 13.9 Å². The lowest BCUT2D eigenvalue weighted by molar-refractivity contribution is 0.0124. The molecule has 0 aliphatic carbocycles. The molecule has 1 aromatic carbocycles. The Bertz CT molecular complexity index is 533. The third-order valence-electron chi connectivity index (χ3n) is 3.98. The Morgan fingerprint density at radius 1 is 1.39 bits per heavy atom. The molecule has 1 aromatic rings. The van der Waals surface area contributed by atoms with Crippen molar-refractivity contribution in [3.05, 3.63) is 34.1 Å². The van der Waals surface area contributed by atoms with E-state index in [0.29, 0.717) is 16.9 Å². The highest BCUT2D eigenvalue weighted by Crippen LogP contribution is 2.16. The summed E-state index contributed by atoms with van der Waals surface area (Å²) in [5, 5.41) is 2.89. The second-order valence-corrected chi connectivity index (χ2v) is 7.18. The highest BCUT2D eigenvalue weighted by Gasteiger charge is 2.23. The van der Waals surface area contributed by atoms with Crippen molar-refractivity contribution in [3.63, 3.8) is 0 Å². The molecule has 23 heavy (non-hydrogen) atoms. The maximum atomic E-state index is 13.8. The minimum Gasteiger partial charge on any atom is -0.379 e. The Kier molecular flexibility index (Phi) is 6.99. The largest absolute Gasteiger partial charge is 0.379 e. The fraction of sp³-hybridized carbons (Fsp3) is 0.588. The lowest BCUT2D eigenvalue weighted by Crippen LogP contribution is -2.49. The van der Waals surface area contributed by atoms with Crippen LogP contribution in [-0.4, -0.2) is 49.7 Å². The lowest BCUT2D eigenvalue weighted by atomic mass is 10.0. The molecule has 4 nitrogen and oxygen atoms in total.